The number of halogens is 1. The standard InChI is InChI=1S/C5H9ClO2/c1-7-5(8-2)3-4-6/h3-5H,1-2H3/b4-3+. The van der Waals surface area contributed by atoms with Crippen molar-refractivity contribution in [3.63, 3.8) is 0 Å². The average Bonchev–Trinajstić information content (AvgIpc) is 1.83. The maximum absolute atomic E-state index is 5.21. The third kappa shape index (κ3) is 3.02. The van der Waals surface area contributed by atoms with Gasteiger partial charge < -0.3 is 9.47 Å². The molecule has 0 rings (SSSR count). The van der Waals surface area contributed by atoms with E-state index in [9.17, 15) is 0 Å². The molecular formula is C5H9ClO2. The second kappa shape index (κ2) is 5.09. The highest BCUT2D eigenvalue weighted by atomic mass is 35.5. The minimum Gasteiger partial charge on any atom is -0.352 e. The lowest BCUT2D eigenvalue weighted by atomic mass is 10.6. The highest BCUT2D eigenvalue weighted by Crippen LogP contribution is 1.92. The molecule has 0 aliphatic heterocycles. The molecule has 0 fully saturated rings. The molecular weight excluding hydrogens is 128 g/mol. The average molecular weight is 137 g/mol. The van der Waals surface area contributed by atoms with Crippen LogP contribution >= 0.6 is 11.6 Å². The molecule has 0 aliphatic rings. The van der Waals surface area contributed by atoms with Gasteiger partial charge in [-0.1, -0.05) is 11.6 Å². The third-order valence-corrected chi connectivity index (χ3v) is 0.840. The van der Waals surface area contributed by atoms with Gasteiger partial charge in [-0.3, -0.25) is 0 Å². The van der Waals surface area contributed by atoms with Gasteiger partial charge in [-0.2, -0.15) is 0 Å². The molecule has 0 radical (unpaired) electrons. The lowest BCUT2D eigenvalue weighted by Gasteiger charge is -2.05. The van der Waals surface area contributed by atoms with Gasteiger partial charge in [0.25, 0.3) is 0 Å². The van der Waals surface area contributed by atoms with Gasteiger partial charge in [0.15, 0.2) is 6.29 Å². The molecule has 0 spiro atoms. The summed E-state index contributed by atoms with van der Waals surface area (Å²) < 4.78 is 9.49. The first kappa shape index (κ1) is 7.95. The lowest BCUT2D eigenvalue weighted by Crippen LogP contribution is -2.07. The first-order valence-electron chi connectivity index (χ1n) is 2.17. The monoisotopic (exact) mass is 136 g/mol. The van der Waals surface area contributed by atoms with Crippen molar-refractivity contribution in [2.45, 2.75) is 6.29 Å². The second-order valence-corrected chi connectivity index (χ2v) is 1.41. The Kier molecular flexibility index (Phi) is 5.06. The highest BCUT2D eigenvalue weighted by Gasteiger charge is 1.94. The van der Waals surface area contributed by atoms with Crippen molar-refractivity contribution < 1.29 is 9.47 Å². The summed E-state index contributed by atoms with van der Waals surface area (Å²) in [5.74, 6) is 0. The molecule has 0 atom stereocenters. The fraction of sp³-hybridized carbons (Fsp3) is 0.600. The van der Waals surface area contributed by atoms with Crippen LogP contribution in [0, 0.1) is 0 Å². The van der Waals surface area contributed by atoms with E-state index in [4.69, 9.17) is 21.1 Å². The Morgan fingerprint density at radius 3 is 2.00 bits per heavy atom. The molecule has 0 heterocycles. The Bertz CT molecular complexity index is 68.8. The summed E-state index contributed by atoms with van der Waals surface area (Å²) in [6.07, 6.45) is 1.29. The van der Waals surface area contributed by atoms with Crippen LogP contribution in [-0.4, -0.2) is 20.5 Å². The first-order chi connectivity index (χ1) is 3.85. The van der Waals surface area contributed by atoms with Crippen molar-refractivity contribution in [2.24, 2.45) is 0 Å². The molecule has 0 unspecified atom stereocenters. The first-order valence-corrected chi connectivity index (χ1v) is 2.61. The Morgan fingerprint density at radius 1 is 1.38 bits per heavy atom. The van der Waals surface area contributed by atoms with Crippen LogP contribution in [0.25, 0.3) is 0 Å². The molecule has 0 saturated heterocycles. The summed E-state index contributed by atoms with van der Waals surface area (Å²) in [5.41, 5.74) is 1.36. The Morgan fingerprint density at radius 2 is 1.88 bits per heavy atom. The minimum atomic E-state index is -0.313. The largest absolute Gasteiger partial charge is 0.352 e. The van der Waals surface area contributed by atoms with Crippen molar-refractivity contribution in [2.75, 3.05) is 14.2 Å². The highest BCUT2D eigenvalue weighted by molar-refractivity contribution is 6.25. The van der Waals surface area contributed by atoms with Gasteiger partial charge in [-0.15, -0.1) is 0 Å². The number of hydrogen-bond donors (Lipinski definition) is 0. The Labute approximate surface area is 54.0 Å². The van der Waals surface area contributed by atoms with Crippen LogP contribution in [0.2, 0.25) is 0 Å². The number of methoxy groups -OCH3 is 2. The molecule has 0 saturated carbocycles. The van der Waals surface area contributed by atoms with Gasteiger partial charge in [-0.05, 0) is 6.08 Å². The fourth-order valence-corrected chi connectivity index (χ4v) is 0.432. The zero-order chi connectivity index (χ0) is 6.41. The molecule has 2 nitrogen and oxygen atoms in total. The predicted molar refractivity (Wildman–Crippen MR) is 32.8 cm³/mol. The zero-order valence-corrected chi connectivity index (χ0v) is 5.68. The predicted octanol–water partition coefficient (Wildman–Crippen LogP) is 1.36. The van der Waals surface area contributed by atoms with Crippen LogP contribution in [-0.2, 0) is 9.47 Å². The number of ether oxygens (including phenoxy) is 2. The van der Waals surface area contributed by atoms with E-state index in [0.717, 1.165) is 0 Å². The van der Waals surface area contributed by atoms with E-state index in [1.54, 1.807) is 20.3 Å². The van der Waals surface area contributed by atoms with E-state index in [1.807, 2.05) is 0 Å². The van der Waals surface area contributed by atoms with E-state index >= 15 is 0 Å². The van der Waals surface area contributed by atoms with E-state index < -0.39 is 0 Å². The van der Waals surface area contributed by atoms with Gasteiger partial charge in [0.2, 0.25) is 0 Å². The van der Waals surface area contributed by atoms with Crippen molar-refractivity contribution in [3.05, 3.63) is 11.6 Å². The quantitative estimate of drug-likeness (QED) is 0.546. The van der Waals surface area contributed by atoms with Crippen molar-refractivity contribution >= 4 is 11.6 Å². The van der Waals surface area contributed by atoms with Gasteiger partial charge in [-0.25, -0.2) is 0 Å². The summed E-state index contributed by atoms with van der Waals surface area (Å²) in [4.78, 5) is 0. The topological polar surface area (TPSA) is 18.5 Å². The van der Waals surface area contributed by atoms with E-state index in [-0.39, 0.29) is 6.29 Å². The summed E-state index contributed by atoms with van der Waals surface area (Å²) in [6.45, 7) is 0. The van der Waals surface area contributed by atoms with Gasteiger partial charge >= 0.3 is 0 Å². The molecule has 0 aromatic rings. The number of hydrogen-bond acceptors (Lipinski definition) is 2. The number of rotatable bonds is 3. The summed E-state index contributed by atoms with van der Waals surface area (Å²) in [7, 11) is 3.09. The summed E-state index contributed by atoms with van der Waals surface area (Å²) >= 11 is 5.21. The summed E-state index contributed by atoms with van der Waals surface area (Å²) in [6, 6.07) is 0. The van der Waals surface area contributed by atoms with Crippen LogP contribution in [0.4, 0.5) is 0 Å². The molecule has 0 N–H and O–H groups in total. The molecule has 3 heteroatoms. The van der Waals surface area contributed by atoms with E-state index in [1.165, 1.54) is 5.54 Å². The van der Waals surface area contributed by atoms with Crippen LogP contribution in [0.5, 0.6) is 0 Å². The maximum Gasteiger partial charge on any atom is 0.177 e. The molecule has 0 aliphatic carbocycles. The molecule has 48 valence electrons. The molecule has 0 aromatic heterocycles. The Balaban J connectivity index is 3.36. The lowest BCUT2D eigenvalue weighted by molar-refractivity contribution is -0.0665. The molecule has 8 heavy (non-hydrogen) atoms. The van der Waals surface area contributed by atoms with Gasteiger partial charge in [0.1, 0.15) is 0 Å². The molecule has 0 aromatic carbocycles. The van der Waals surface area contributed by atoms with Crippen LogP contribution < -0.4 is 0 Å². The van der Waals surface area contributed by atoms with Crippen LogP contribution in [0.15, 0.2) is 11.6 Å². The third-order valence-electron chi connectivity index (χ3n) is 0.694. The molecule has 0 bridgehead atoms. The van der Waals surface area contributed by atoms with Crippen molar-refractivity contribution in [1.29, 1.82) is 0 Å². The Hall–Kier alpha value is -0.0500. The maximum atomic E-state index is 5.21. The van der Waals surface area contributed by atoms with Crippen molar-refractivity contribution in [3.8, 4) is 0 Å². The van der Waals surface area contributed by atoms with Crippen molar-refractivity contribution in [1.82, 2.24) is 0 Å². The smallest absolute Gasteiger partial charge is 0.177 e. The second-order valence-electron chi connectivity index (χ2n) is 1.16. The summed E-state index contributed by atoms with van der Waals surface area (Å²) in [5, 5.41) is 0. The SMILES string of the molecule is COC(/C=C/Cl)OC. The van der Waals surface area contributed by atoms with E-state index in [2.05, 4.69) is 0 Å². The molecule has 0 amide bonds. The van der Waals surface area contributed by atoms with Crippen LogP contribution in [0.3, 0.4) is 0 Å². The van der Waals surface area contributed by atoms with Gasteiger partial charge in [0.05, 0.1) is 0 Å². The zero-order valence-electron chi connectivity index (χ0n) is 4.93. The van der Waals surface area contributed by atoms with E-state index in [0.29, 0.717) is 0 Å². The van der Waals surface area contributed by atoms with Gasteiger partial charge in [0, 0.05) is 19.8 Å². The van der Waals surface area contributed by atoms with Crippen LogP contribution in [0.1, 0.15) is 0 Å². The normalized spacial score (nSPS) is 11.5. The minimum absolute atomic E-state index is 0.313. The fourth-order valence-electron chi connectivity index (χ4n) is 0.313.